The third-order valence-electron chi connectivity index (χ3n) is 4.63. The minimum absolute atomic E-state index is 0.00623. The molecule has 1 atom stereocenters. The van der Waals surface area contributed by atoms with Gasteiger partial charge in [-0.05, 0) is 44.2 Å². The number of ether oxygens (including phenoxy) is 2. The van der Waals surface area contributed by atoms with Crippen LogP contribution in [-0.4, -0.2) is 44.9 Å². The molecule has 9 heteroatoms. The van der Waals surface area contributed by atoms with Crippen molar-refractivity contribution in [1.29, 1.82) is 5.26 Å². The Hall–Kier alpha value is -3.09. The predicted octanol–water partition coefficient (Wildman–Crippen LogP) is 2.54. The maximum absolute atomic E-state index is 12.7. The Morgan fingerprint density at radius 2 is 2.03 bits per heavy atom. The zero-order chi connectivity index (χ0) is 21.9. The Bertz CT molecular complexity index is 1090. The van der Waals surface area contributed by atoms with Crippen LogP contribution >= 0.6 is 0 Å². The van der Waals surface area contributed by atoms with Crippen LogP contribution < -0.4 is 14.8 Å². The van der Waals surface area contributed by atoms with Crippen LogP contribution in [-0.2, 0) is 21.2 Å². The summed E-state index contributed by atoms with van der Waals surface area (Å²) >= 11 is 0. The average Bonchev–Trinajstić information content (AvgIpc) is 3.07. The summed E-state index contributed by atoms with van der Waals surface area (Å²) in [7, 11) is -2.56. The first-order valence-electron chi connectivity index (χ1n) is 9.47. The fourth-order valence-electron chi connectivity index (χ4n) is 3.17. The van der Waals surface area contributed by atoms with Gasteiger partial charge in [0, 0.05) is 25.1 Å². The van der Waals surface area contributed by atoms with E-state index in [0.29, 0.717) is 29.4 Å². The van der Waals surface area contributed by atoms with Gasteiger partial charge in [-0.3, -0.25) is 4.79 Å². The molecule has 30 heavy (non-hydrogen) atoms. The number of nitrogens with one attached hydrogen (secondary N) is 1. The molecule has 0 saturated heterocycles. The Balaban J connectivity index is 1.75. The molecule has 0 spiro atoms. The lowest BCUT2D eigenvalue weighted by atomic mass is 10.1. The number of amides is 1. The van der Waals surface area contributed by atoms with Crippen molar-refractivity contribution in [3.63, 3.8) is 0 Å². The number of carbonyl (C=O) groups is 1. The van der Waals surface area contributed by atoms with Gasteiger partial charge < -0.3 is 14.8 Å². The van der Waals surface area contributed by atoms with E-state index in [2.05, 4.69) is 5.32 Å². The van der Waals surface area contributed by atoms with Gasteiger partial charge in [0.05, 0.1) is 35.4 Å². The molecule has 2 aromatic carbocycles. The predicted molar refractivity (Wildman–Crippen MR) is 111 cm³/mol. The zero-order valence-corrected chi connectivity index (χ0v) is 17.8. The highest BCUT2D eigenvalue weighted by atomic mass is 32.2. The first-order chi connectivity index (χ1) is 14.2. The Labute approximate surface area is 176 Å². The van der Waals surface area contributed by atoms with Gasteiger partial charge in [0.25, 0.3) is 0 Å². The third-order valence-corrected chi connectivity index (χ3v) is 6.45. The van der Waals surface area contributed by atoms with Gasteiger partial charge in [0.15, 0.2) is 0 Å². The number of nitriles is 1. The topological polar surface area (TPSA) is 109 Å². The van der Waals surface area contributed by atoms with E-state index in [0.717, 1.165) is 16.3 Å². The lowest BCUT2D eigenvalue weighted by Gasteiger charge is -2.18. The molecule has 2 aromatic rings. The molecule has 1 N–H and O–H groups in total. The van der Waals surface area contributed by atoms with Crippen LogP contribution in [0.25, 0.3) is 0 Å². The lowest BCUT2D eigenvalue weighted by molar-refractivity contribution is -0.116. The highest BCUT2D eigenvalue weighted by Gasteiger charge is 2.25. The summed E-state index contributed by atoms with van der Waals surface area (Å²) in [5, 5.41) is 11.6. The van der Waals surface area contributed by atoms with Crippen molar-refractivity contribution in [3.8, 4) is 17.6 Å². The van der Waals surface area contributed by atoms with Crippen LogP contribution in [0.3, 0.4) is 0 Å². The lowest BCUT2D eigenvalue weighted by Crippen LogP contribution is -2.35. The first-order valence-corrected chi connectivity index (χ1v) is 10.9. The molecule has 1 amide bonds. The summed E-state index contributed by atoms with van der Waals surface area (Å²) in [5.41, 5.74) is 1.79. The van der Waals surface area contributed by atoms with E-state index in [1.165, 1.54) is 31.3 Å². The number of benzene rings is 2. The third kappa shape index (κ3) is 4.56. The monoisotopic (exact) mass is 429 g/mol. The summed E-state index contributed by atoms with van der Waals surface area (Å²) in [4.78, 5) is 12.6. The van der Waals surface area contributed by atoms with Gasteiger partial charge in [0.2, 0.25) is 15.9 Å². The molecule has 1 aliphatic heterocycles. The van der Waals surface area contributed by atoms with E-state index in [-0.39, 0.29) is 17.5 Å². The molecule has 0 radical (unpaired) electrons. The summed E-state index contributed by atoms with van der Waals surface area (Å²) in [6.45, 7) is 3.84. The highest BCUT2D eigenvalue weighted by molar-refractivity contribution is 7.89. The molecule has 8 nitrogen and oxygen atoms in total. The molecule has 1 aliphatic rings. The molecule has 0 bridgehead atoms. The second-order valence-electron chi connectivity index (χ2n) is 6.97. The van der Waals surface area contributed by atoms with Crippen LogP contribution in [0, 0.1) is 11.3 Å². The summed E-state index contributed by atoms with van der Waals surface area (Å²) < 4.78 is 37.7. The average molecular weight is 429 g/mol. The van der Waals surface area contributed by atoms with Crippen molar-refractivity contribution >= 4 is 21.6 Å². The summed E-state index contributed by atoms with van der Waals surface area (Å²) in [6, 6.07) is 11.0. The van der Waals surface area contributed by atoms with E-state index in [1.54, 1.807) is 6.07 Å². The maximum Gasteiger partial charge on any atom is 0.243 e. The van der Waals surface area contributed by atoms with Gasteiger partial charge >= 0.3 is 0 Å². The van der Waals surface area contributed by atoms with E-state index >= 15 is 0 Å². The van der Waals surface area contributed by atoms with Crippen molar-refractivity contribution in [2.45, 2.75) is 31.3 Å². The van der Waals surface area contributed by atoms with Gasteiger partial charge in [-0.1, -0.05) is 0 Å². The number of nitrogens with zero attached hydrogens (tertiary/aromatic N) is 2. The molecule has 0 saturated carbocycles. The number of sulfonamides is 1. The van der Waals surface area contributed by atoms with Crippen LogP contribution in [0.4, 0.5) is 5.69 Å². The van der Waals surface area contributed by atoms with Gasteiger partial charge in [-0.2, -0.15) is 9.57 Å². The molecule has 1 unspecified atom stereocenters. The standard InChI is InChI=1S/C21H23N3O5S/c1-4-28-20-10-16-9-14(2)29-19(16)11-18(20)23-21(25)13-24(3)30(26,27)17-7-5-15(12-22)6-8-17/h5-8,10-11,14H,4,9,13H2,1-3H3,(H,23,25). The minimum atomic E-state index is -3.88. The Morgan fingerprint density at radius 1 is 1.33 bits per heavy atom. The molecular formula is C21H23N3O5S. The Kier molecular flexibility index (Phi) is 6.29. The number of fused-ring (bicyclic) bond motifs is 1. The first kappa shape index (κ1) is 21.6. The number of anilines is 1. The molecule has 0 aromatic heterocycles. The van der Waals surface area contributed by atoms with E-state index < -0.39 is 15.9 Å². The van der Waals surface area contributed by atoms with Crippen LogP contribution in [0.2, 0.25) is 0 Å². The SMILES string of the molecule is CCOc1cc2c(cc1NC(=O)CN(C)S(=O)(=O)c1ccc(C#N)cc1)OC(C)C2. The van der Waals surface area contributed by atoms with Crippen LogP contribution in [0.15, 0.2) is 41.3 Å². The molecule has 158 valence electrons. The molecular weight excluding hydrogens is 406 g/mol. The number of hydrogen-bond acceptors (Lipinski definition) is 6. The molecule has 0 fully saturated rings. The normalized spacial score (nSPS) is 15.2. The van der Waals surface area contributed by atoms with Gasteiger partial charge in [0.1, 0.15) is 17.6 Å². The number of likely N-dealkylation sites (N-methyl/N-ethyl adjacent to an activating group) is 1. The zero-order valence-electron chi connectivity index (χ0n) is 17.0. The van der Waals surface area contributed by atoms with Gasteiger partial charge in [-0.15, -0.1) is 0 Å². The number of rotatable bonds is 7. The summed E-state index contributed by atoms with van der Waals surface area (Å²) in [5.74, 6) is 0.682. The number of hydrogen-bond donors (Lipinski definition) is 1. The second kappa shape index (κ2) is 8.73. The second-order valence-corrected chi connectivity index (χ2v) is 9.01. The van der Waals surface area contributed by atoms with Gasteiger partial charge in [-0.25, -0.2) is 8.42 Å². The molecule has 3 rings (SSSR count). The van der Waals surface area contributed by atoms with E-state index in [9.17, 15) is 13.2 Å². The fourth-order valence-corrected chi connectivity index (χ4v) is 4.30. The van der Waals surface area contributed by atoms with Crippen LogP contribution in [0.1, 0.15) is 25.0 Å². The Morgan fingerprint density at radius 3 is 2.67 bits per heavy atom. The van der Waals surface area contributed by atoms with Crippen molar-refractivity contribution < 1.29 is 22.7 Å². The quantitative estimate of drug-likeness (QED) is 0.725. The minimum Gasteiger partial charge on any atom is -0.492 e. The largest absolute Gasteiger partial charge is 0.492 e. The van der Waals surface area contributed by atoms with Crippen LogP contribution in [0.5, 0.6) is 11.5 Å². The van der Waals surface area contributed by atoms with E-state index in [4.69, 9.17) is 14.7 Å². The van der Waals surface area contributed by atoms with Crippen molar-refractivity contribution in [1.82, 2.24) is 4.31 Å². The number of carbonyl (C=O) groups excluding carboxylic acids is 1. The van der Waals surface area contributed by atoms with Crippen molar-refractivity contribution in [2.24, 2.45) is 0 Å². The highest BCUT2D eigenvalue weighted by Crippen LogP contribution is 2.38. The molecule has 0 aliphatic carbocycles. The maximum atomic E-state index is 12.7. The smallest absolute Gasteiger partial charge is 0.243 e. The van der Waals surface area contributed by atoms with Crippen molar-refractivity contribution in [3.05, 3.63) is 47.5 Å². The summed E-state index contributed by atoms with van der Waals surface area (Å²) in [6.07, 6.45) is 0.805. The molecule has 1 heterocycles. The van der Waals surface area contributed by atoms with Crippen molar-refractivity contribution in [2.75, 3.05) is 25.5 Å². The fraction of sp³-hybridized carbons (Fsp3) is 0.333. The van der Waals surface area contributed by atoms with E-state index in [1.807, 2.05) is 26.0 Å².